The molecule has 7 heteroatoms. The minimum atomic E-state index is -0.115. The lowest BCUT2D eigenvalue weighted by Crippen LogP contribution is -2.48. The maximum Gasteiger partial charge on any atom is 0.160 e. The highest BCUT2D eigenvalue weighted by Gasteiger charge is 2.18. The summed E-state index contributed by atoms with van der Waals surface area (Å²) in [4.78, 5) is 31.8. The molecule has 1 aromatic carbocycles. The molecule has 0 radical (unpaired) electrons. The molecule has 1 aliphatic rings. The zero-order valence-corrected chi connectivity index (χ0v) is 18.3. The van der Waals surface area contributed by atoms with Gasteiger partial charge < -0.3 is 20.2 Å². The molecule has 0 amide bonds. The van der Waals surface area contributed by atoms with E-state index in [2.05, 4.69) is 20.1 Å². The smallest absolute Gasteiger partial charge is 0.160 e. The largest absolute Gasteiger partial charge is 0.395 e. The molecule has 0 aliphatic carbocycles. The van der Waals surface area contributed by atoms with Gasteiger partial charge in [-0.2, -0.15) is 0 Å². The van der Waals surface area contributed by atoms with Crippen molar-refractivity contribution < 1.29 is 14.7 Å². The Hall–Kier alpha value is -2.48. The van der Waals surface area contributed by atoms with Crippen molar-refractivity contribution in [3.63, 3.8) is 0 Å². The normalized spacial score (nSPS) is 17.0. The Morgan fingerprint density at radius 1 is 1.19 bits per heavy atom. The molecule has 3 N–H and O–H groups in total. The number of Topliss-reactive ketones (excluding diaryl/α,β-unsaturated/α-hetero) is 1. The van der Waals surface area contributed by atoms with Gasteiger partial charge in [0.15, 0.2) is 5.78 Å². The molecule has 1 fully saturated rings. The fourth-order valence-corrected chi connectivity index (χ4v) is 4.06. The molecule has 0 bridgehead atoms. The summed E-state index contributed by atoms with van der Waals surface area (Å²) in [6.45, 7) is 8.48. The van der Waals surface area contributed by atoms with Crippen LogP contribution in [0, 0.1) is 0 Å². The van der Waals surface area contributed by atoms with Gasteiger partial charge in [-0.1, -0.05) is 12.1 Å². The summed E-state index contributed by atoms with van der Waals surface area (Å²) in [6.07, 6.45) is 5.25. The number of rotatable bonds is 12. The first-order valence-electron chi connectivity index (χ1n) is 11.1. The van der Waals surface area contributed by atoms with Crippen LogP contribution in [0.15, 0.2) is 42.2 Å². The SMILES string of the molecule is C/C(=C\NCCN1CCN(CCO)CC1)C(=O)CC(CC=O)c1ccc2cc[nH]c2c1. The van der Waals surface area contributed by atoms with Crippen molar-refractivity contribution in [2.24, 2.45) is 0 Å². The lowest BCUT2D eigenvalue weighted by molar-refractivity contribution is -0.116. The lowest BCUT2D eigenvalue weighted by Gasteiger charge is -2.34. The van der Waals surface area contributed by atoms with E-state index in [4.69, 9.17) is 5.11 Å². The number of aliphatic hydroxyl groups excluding tert-OH is 1. The average molecular weight is 427 g/mol. The number of ketones is 1. The van der Waals surface area contributed by atoms with Gasteiger partial charge in [-0.15, -0.1) is 0 Å². The Balaban J connectivity index is 1.46. The number of piperazine rings is 1. The molecule has 1 aliphatic heterocycles. The molecular weight excluding hydrogens is 392 g/mol. The second kappa shape index (κ2) is 11.8. The van der Waals surface area contributed by atoms with Crippen molar-refractivity contribution in [1.29, 1.82) is 0 Å². The van der Waals surface area contributed by atoms with Crippen LogP contribution in [0.25, 0.3) is 10.9 Å². The number of β-amino-alcohol motifs (C(OH)–C–C–N with tert-alkyl or cyclic N) is 1. The van der Waals surface area contributed by atoms with E-state index in [1.54, 1.807) is 6.20 Å². The van der Waals surface area contributed by atoms with E-state index in [1.165, 1.54) is 0 Å². The van der Waals surface area contributed by atoms with E-state index in [9.17, 15) is 9.59 Å². The number of fused-ring (bicyclic) bond motifs is 1. The Kier molecular flexibility index (Phi) is 8.82. The molecule has 31 heavy (non-hydrogen) atoms. The number of aliphatic hydroxyl groups is 1. The Bertz CT molecular complexity index is 884. The van der Waals surface area contributed by atoms with Crippen LogP contribution in [0.5, 0.6) is 0 Å². The maximum absolute atomic E-state index is 12.7. The highest BCUT2D eigenvalue weighted by atomic mass is 16.3. The number of nitrogens with zero attached hydrogens (tertiary/aromatic N) is 2. The molecular formula is C24H34N4O3. The number of hydrogen-bond donors (Lipinski definition) is 3. The van der Waals surface area contributed by atoms with Gasteiger partial charge in [0.1, 0.15) is 6.29 Å². The molecule has 0 saturated carbocycles. The number of nitrogens with one attached hydrogen (secondary N) is 2. The summed E-state index contributed by atoms with van der Waals surface area (Å²) in [5, 5.41) is 13.4. The van der Waals surface area contributed by atoms with Crippen molar-refractivity contribution in [2.45, 2.75) is 25.7 Å². The van der Waals surface area contributed by atoms with Crippen LogP contribution in [-0.4, -0.2) is 84.4 Å². The first-order valence-corrected chi connectivity index (χ1v) is 11.1. The number of hydrogen-bond acceptors (Lipinski definition) is 6. The van der Waals surface area contributed by atoms with Crippen molar-refractivity contribution in [1.82, 2.24) is 20.1 Å². The van der Waals surface area contributed by atoms with Crippen molar-refractivity contribution in [3.05, 3.63) is 47.8 Å². The second-order valence-electron chi connectivity index (χ2n) is 8.24. The zero-order chi connectivity index (χ0) is 22.1. The van der Waals surface area contributed by atoms with Crippen LogP contribution in [0.4, 0.5) is 0 Å². The molecule has 1 atom stereocenters. The molecule has 1 unspecified atom stereocenters. The molecule has 2 heterocycles. The standard InChI is InChI=1S/C24H34N4O3/c1-19(18-25-7-8-27-9-11-28(12-10-27)13-15-30)24(31)17-22(5-14-29)21-3-2-20-4-6-26-23(20)16-21/h2-4,6,14,16,18,22,25-26,30H,5,7-13,15,17H2,1H3/b19-18+. The molecule has 3 rings (SSSR count). The highest BCUT2D eigenvalue weighted by molar-refractivity contribution is 5.95. The Labute approximate surface area is 184 Å². The molecule has 2 aromatic rings. The van der Waals surface area contributed by atoms with E-state index in [1.807, 2.05) is 37.4 Å². The van der Waals surface area contributed by atoms with Gasteiger partial charge in [0, 0.05) is 82.1 Å². The number of aromatic amines is 1. The minimum absolute atomic E-state index is 0.0588. The van der Waals surface area contributed by atoms with Gasteiger partial charge >= 0.3 is 0 Å². The number of carbonyl (C=O) groups is 2. The molecule has 168 valence electrons. The van der Waals surface area contributed by atoms with Gasteiger partial charge in [0.05, 0.1) is 6.61 Å². The first-order chi connectivity index (χ1) is 15.1. The Morgan fingerprint density at radius 3 is 2.65 bits per heavy atom. The molecule has 1 saturated heterocycles. The predicted octanol–water partition coefficient (Wildman–Crippen LogP) is 1.90. The van der Waals surface area contributed by atoms with Crippen LogP contribution in [0.2, 0.25) is 0 Å². The third-order valence-electron chi connectivity index (χ3n) is 6.07. The highest BCUT2D eigenvalue weighted by Crippen LogP contribution is 2.27. The number of benzene rings is 1. The summed E-state index contributed by atoms with van der Waals surface area (Å²) in [6, 6.07) is 8.08. The van der Waals surface area contributed by atoms with Crippen LogP contribution in [-0.2, 0) is 9.59 Å². The lowest BCUT2D eigenvalue weighted by atomic mass is 9.89. The summed E-state index contributed by atoms with van der Waals surface area (Å²) in [5.41, 5.74) is 2.72. The summed E-state index contributed by atoms with van der Waals surface area (Å²) in [7, 11) is 0. The fourth-order valence-electron chi connectivity index (χ4n) is 4.06. The predicted molar refractivity (Wildman–Crippen MR) is 123 cm³/mol. The van der Waals surface area contributed by atoms with Crippen LogP contribution >= 0.6 is 0 Å². The van der Waals surface area contributed by atoms with Crippen LogP contribution < -0.4 is 5.32 Å². The average Bonchev–Trinajstić information content (AvgIpc) is 3.25. The number of allylic oxidation sites excluding steroid dienone is 1. The van der Waals surface area contributed by atoms with Crippen molar-refractivity contribution in [3.8, 4) is 0 Å². The minimum Gasteiger partial charge on any atom is -0.395 e. The van der Waals surface area contributed by atoms with E-state index in [0.29, 0.717) is 18.4 Å². The molecule has 7 nitrogen and oxygen atoms in total. The van der Waals surface area contributed by atoms with Gasteiger partial charge in [-0.25, -0.2) is 0 Å². The van der Waals surface area contributed by atoms with Crippen LogP contribution in [0.1, 0.15) is 31.2 Å². The van der Waals surface area contributed by atoms with E-state index < -0.39 is 0 Å². The summed E-state index contributed by atoms with van der Waals surface area (Å²) in [5.74, 6) is -0.0557. The van der Waals surface area contributed by atoms with Gasteiger partial charge in [0.2, 0.25) is 0 Å². The van der Waals surface area contributed by atoms with Crippen LogP contribution in [0.3, 0.4) is 0 Å². The third kappa shape index (κ3) is 6.75. The van der Waals surface area contributed by atoms with E-state index in [-0.39, 0.29) is 18.3 Å². The molecule has 0 spiro atoms. The number of H-pyrrole nitrogens is 1. The number of carbonyl (C=O) groups excluding carboxylic acids is 2. The van der Waals surface area contributed by atoms with Crippen molar-refractivity contribution in [2.75, 3.05) is 52.4 Å². The van der Waals surface area contributed by atoms with Gasteiger partial charge in [-0.05, 0) is 35.9 Å². The Morgan fingerprint density at radius 2 is 1.94 bits per heavy atom. The van der Waals surface area contributed by atoms with E-state index in [0.717, 1.165) is 68.6 Å². The number of aromatic nitrogens is 1. The topological polar surface area (TPSA) is 88.7 Å². The molecule has 1 aromatic heterocycles. The van der Waals surface area contributed by atoms with Crippen molar-refractivity contribution >= 4 is 23.0 Å². The zero-order valence-electron chi connectivity index (χ0n) is 18.3. The number of aldehydes is 1. The first kappa shape index (κ1) is 23.2. The quantitative estimate of drug-likeness (QED) is 0.273. The maximum atomic E-state index is 12.7. The summed E-state index contributed by atoms with van der Waals surface area (Å²) >= 11 is 0. The third-order valence-corrected chi connectivity index (χ3v) is 6.07. The monoisotopic (exact) mass is 426 g/mol. The summed E-state index contributed by atoms with van der Waals surface area (Å²) < 4.78 is 0. The second-order valence-corrected chi connectivity index (χ2v) is 8.24. The van der Waals surface area contributed by atoms with Gasteiger partial charge in [-0.3, -0.25) is 14.6 Å². The van der Waals surface area contributed by atoms with E-state index >= 15 is 0 Å². The van der Waals surface area contributed by atoms with Gasteiger partial charge in [0.25, 0.3) is 0 Å². The fraction of sp³-hybridized carbons (Fsp3) is 0.500.